The van der Waals surface area contributed by atoms with Gasteiger partial charge in [0.25, 0.3) is 11.5 Å². The van der Waals surface area contributed by atoms with Crippen LogP contribution in [0.15, 0.2) is 29.1 Å². The second-order valence-electron chi connectivity index (χ2n) is 6.55. The van der Waals surface area contributed by atoms with E-state index in [-0.39, 0.29) is 24.1 Å². The highest BCUT2D eigenvalue weighted by atomic mass is 19.1. The maximum absolute atomic E-state index is 12.9. The maximum atomic E-state index is 12.9. The van der Waals surface area contributed by atoms with Gasteiger partial charge in [0.2, 0.25) is 5.75 Å². The van der Waals surface area contributed by atoms with E-state index >= 15 is 0 Å². The van der Waals surface area contributed by atoms with E-state index in [0.29, 0.717) is 17.9 Å². The van der Waals surface area contributed by atoms with Gasteiger partial charge in [0.1, 0.15) is 11.6 Å². The molecule has 1 aliphatic heterocycles. The van der Waals surface area contributed by atoms with Gasteiger partial charge in [0.05, 0.1) is 6.04 Å². The molecule has 1 amide bonds. The number of halogens is 1. The van der Waals surface area contributed by atoms with Crippen molar-refractivity contribution >= 4 is 5.91 Å². The molecule has 0 aliphatic carbocycles. The van der Waals surface area contributed by atoms with Gasteiger partial charge in [-0.05, 0) is 44.6 Å². The fraction of sp³-hybridized carbons (Fsp3) is 0.389. The number of benzene rings is 1. The van der Waals surface area contributed by atoms with Crippen molar-refractivity contribution in [3.05, 3.63) is 57.5 Å². The monoisotopic (exact) mass is 360 g/mol. The van der Waals surface area contributed by atoms with Crippen LogP contribution in [-0.2, 0) is 13.1 Å². The molecule has 0 radical (unpaired) electrons. The van der Waals surface area contributed by atoms with Crippen LogP contribution in [0.2, 0.25) is 0 Å². The molecule has 3 rings (SSSR count). The van der Waals surface area contributed by atoms with E-state index in [2.05, 4.69) is 10.3 Å². The number of carbonyl (C=O) groups is 1. The first-order valence-electron chi connectivity index (χ1n) is 8.41. The Balaban J connectivity index is 1.88. The Kier molecular flexibility index (Phi) is 5.03. The first kappa shape index (κ1) is 18.1. The predicted octanol–water partition coefficient (Wildman–Crippen LogP) is 1.41. The van der Waals surface area contributed by atoms with E-state index < -0.39 is 17.2 Å². The zero-order valence-corrected chi connectivity index (χ0v) is 14.7. The number of rotatable bonds is 4. The Hall–Kier alpha value is -2.74. The van der Waals surface area contributed by atoms with Crippen LogP contribution in [0.25, 0.3) is 0 Å². The molecule has 7 nitrogen and oxygen atoms in total. The summed E-state index contributed by atoms with van der Waals surface area (Å²) in [5.74, 6) is -1.17. The first-order chi connectivity index (χ1) is 12.4. The number of hydrogen-bond acceptors (Lipinski definition) is 5. The van der Waals surface area contributed by atoms with E-state index in [0.717, 1.165) is 12.8 Å². The molecule has 8 heteroatoms. The topological polar surface area (TPSA) is 87.5 Å². The first-order valence-corrected chi connectivity index (χ1v) is 8.41. The number of aromatic hydroxyl groups is 1. The summed E-state index contributed by atoms with van der Waals surface area (Å²) in [7, 11) is 3.77. The van der Waals surface area contributed by atoms with Crippen molar-refractivity contribution in [2.45, 2.75) is 32.0 Å². The van der Waals surface area contributed by atoms with Gasteiger partial charge in [-0.15, -0.1) is 0 Å². The van der Waals surface area contributed by atoms with Crippen LogP contribution >= 0.6 is 0 Å². The molecular weight excluding hydrogens is 339 g/mol. The molecule has 1 aromatic carbocycles. The lowest BCUT2D eigenvalue weighted by molar-refractivity contribution is 0.0940. The number of aromatic nitrogens is 2. The molecule has 138 valence electrons. The van der Waals surface area contributed by atoms with Crippen molar-refractivity contribution in [3.63, 3.8) is 0 Å². The minimum Gasteiger partial charge on any atom is -0.501 e. The van der Waals surface area contributed by atoms with Gasteiger partial charge >= 0.3 is 0 Å². The molecule has 1 aromatic heterocycles. The lowest BCUT2D eigenvalue weighted by Gasteiger charge is -2.30. The van der Waals surface area contributed by atoms with Crippen molar-refractivity contribution in [1.82, 2.24) is 19.8 Å². The van der Waals surface area contributed by atoms with Crippen molar-refractivity contribution in [3.8, 4) is 5.75 Å². The zero-order chi connectivity index (χ0) is 18.8. The lowest BCUT2D eigenvalue weighted by atomic mass is 10.1. The van der Waals surface area contributed by atoms with Crippen LogP contribution in [0, 0.1) is 5.82 Å². The Morgan fingerprint density at radius 3 is 2.73 bits per heavy atom. The summed E-state index contributed by atoms with van der Waals surface area (Å²) in [5, 5.41) is 12.8. The van der Waals surface area contributed by atoms with Gasteiger partial charge in [-0.2, -0.15) is 0 Å². The Bertz CT molecular complexity index is 877. The maximum Gasteiger partial charge on any atom is 0.296 e. The normalized spacial score (nSPS) is 16.4. The summed E-state index contributed by atoms with van der Waals surface area (Å²) in [6.07, 6.45) is 1.62. The predicted molar refractivity (Wildman–Crippen MR) is 93.4 cm³/mol. The smallest absolute Gasteiger partial charge is 0.296 e. The molecule has 1 atom stereocenters. The summed E-state index contributed by atoms with van der Waals surface area (Å²) in [4.78, 5) is 31.1. The Morgan fingerprint density at radius 2 is 2.08 bits per heavy atom. The SMILES string of the molecule is CN(C)[C@@H]1CCCn2c1nc(C(=O)NCc1ccc(F)cc1)c(O)c2=O. The van der Waals surface area contributed by atoms with Crippen molar-refractivity contribution in [1.29, 1.82) is 0 Å². The third-order valence-electron chi connectivity index (χ3n) is 4.54. The highest BCUT2D eigenvalue weighted by molar-refractivity contribution is 5.94. The van der Waals surface area contributed by atoms with E-state index in [1.165, 1.54) is 16.7 Å². The van der Waals surface area contributed by atoms with E-state index in [4.69, 9.17) is 0 Å². The molecular formula is C18H21FN4O3. The number of fused-ring (bicyclic) bond motifs is 1. The number of carbonyl (C=O) groups excluding carboxylic acids is 1. The molecule has 1 aliphatic rings. The van der Waals surface area contributed by atoms with Gasteiger partial charge in [0.15, 0.2) is 5.69 Å². The van der Waals surface area contributed by atoms with Gasteiger partial charge in [-0.3, -0.25) is 19.1 Å². The van der Waals surface area contributed by atoms with Crippen LogP contribution in [0.4, 0.5) is 4.39 Å². The van der Waals surface area contributed by atoms with Crippen LogP contribution in [0.5, 0.6) is 5.75 Å². The fourth-order valence-corrected chi connectivity index (χ4v) is 3.12. The van der Waals surface area contributed by atoms with Crippen LogP contribution in [0.3, 0.4) is 0 Å². The summed E-state index contributed by atoms with van der Waals surface area (Å²) in [5.41, 5.74) is -0.189. The third kappa shape index (κ3) is 3.45. The molecule has 0 unspecified atom stereocenters. The number of nitrogens with zero attached hydrogens (tertiary/aromatic N) is 3. The average molecular weight is 360 g/mol. The minimum atomic E-state index is -0.648. The van der Waals surface area contributed by atoms with Crippen molar-refractivity contribution < 1.29 is 14.3 Å². The number of hydrogen-bond donors (Lipinski definition) is 2. The molecule has 0 fully saturated rings. The Morgan fingerprint density at radius 1 is 1.38 bits per heavy atom. The zero-order valence-electron chi connectivity index (χ0n) is 14.7. The third-order valence-corrected chi connectivity index (χ3v) is 4.54. The minimum absolute atomic E-state index is 0.0966. The van der Waals surface area contributed by atoms with Gasteiger partial charge in [-0.25, -0.2) is 9.37 Å². The summed E-state index contributed by atoms with van der Waals surface area (Å²) in [6.45, 7) is 0.603. The largest absolute Gasteiger partial charge is 0.501 e. The molecule has 2 aromatic rings. The summed E-state index contributed by atoms with van der Waals surface area (Å²) < 4.78 is 14.4. The molecule has 26 heavy (non-hydrogen) atoms. The fourth-order valence-electron chi connectivity index (χ4n) is 3.12. The van der Waals surface area contributed by atoms with Crippen LogP contribution in [-0.4, -0.2) is 39.6 Å². The molecule has 2 heterocycles. The molecule has 0 bridgehead atoms. The number of nitrogens with one attached hydrogen (secondary N) is 1. The van der Waals surface area contributed by atoms with E-state index in [9.17, 15) is 19.1 Å². The van der Waals surface area contributed by atoms with Crippen LogP contribution < -0.4 is 10.9 Å². The average Bonchev–Trinajstić information content (AvgIpc) is 2.63. The molecule has 2 N–H and O–H groups in total. The second kappa shape index (κ2) is 7.25. The molecule has 0 saturated carbocycles. The standard InChI is InChI=1S/C18H21FN4O3/c1-22(2)13-4-3-9-23-16(13)21-14(15(24)18(23)26)17(25)20-10-11-5-7-12(19)8-6-11/h5-8,13,24H,3-4,9-10H2,1-2H3,(H,20,25)/t13-/m1/s1. The van der Waals surface area contributed by atoms with E-state index in [1.54, 1.807) is 12.1 Å². The van der Waals surface area contributed by atoms with Crippen LogP contribution in [0.1, 0.15) is 40.8 Å². The summed E-state index contributed by atoms with van der Waals surface area (Å²) in [6, 6.07) is 5.59. The van der Waals surface area contributed by atoms with Crippen molar-refractivity contribution in [2.24, 2.45) is 0 Å². The number of amides is 1. The highest BCUT2D eigenvalue weighted by Gasteiger charge is 2.29. The van der Waals surface area contributed by atoms with Gasteiger partial charge in [-0.1, -0.05) is 12.1 Å². The summed E-state index contributed by atoms with van der Waals surface area (Å²) >= 11 is 0. The van der Waals surface area contributed by atoms with Gasteiger partial charge < -0.3 is 10.4 Å². The second-order valence-corrected chi connectivity index (χ2v) is 6.55. The Labute approximate surface area is 150 Å². The van der Waals surface area contributed by atoms with Crippen molar-refractivity contribution in [2.75, 3.05) is 14.1 Å². The quantitative estimate of drug-likeness (QED) is 0.861. The lowest BCUT2D eigenvalue weighted by Crippen LogP contribution is -2.37. The highest BCUT2D eigenvalue weighted by Crippen LogP contribution is 2.27. The van der Waals surface area contributed by atoms with E-state index in [1.807, 2.05) is 19.0 Å². The molecule has 0 spiro atoms. The van der Waals surface area contributed by atoms with Gasteiger partial charge in [0, 0.05) is 13.1 Å². The molecule has 0 saturated heterocycles.